The number of quaternary nitrogens is 1. The predicted octanol–water partition coefficient (Wildman–Crippen LogP) is 2.75. The first-order valence-corrected chi connectivity index (χ1v) is 7.80. The first-order valence-electron chi connectivity index (χ1n) is 7.05. The standard InChI is InChI=1S/C15H12Cl2F3N3O3/c1-25-13(24)8(6-21)7-22-12-5-14(26-23-12,15(18,19)20)9-2-10(16)4-11(17)3-9/h2-4,6-7,21H,5H2,1H3,(H,22,23)/p+1. The Morgan fingerprint density at radius 1 is 1.38 bits per heavy atom. The molecule has 140 valence electrons. The summed E-state index contributed by atoms with van der Waals surface area (Å²) in [5.41, 5.74) is -3.21. The van der Waals surface area contributed by atoms with Gasteiger partial charge in [-0.3, -0.25) is 5.32 Å². The minimum Gasteiger partial charge on any atom is -0.465 e. The van der Waals surface area contributed by atoms with E-state index >= 15 is 0 Å². The van der Waals surface area contributed by atoms with Gasteiger partial charge in [-0.25, -0.2) is 4.79 Å². The average Bonchev–Trinajstić information content (AvgIpc) is 2.99. The molecule has 26 heavy (non-hydrogen) atoms. The van der Waals surface area contributed by atoms with Gasteiger partial charge in [-0.2, -0.15) is 13.2 Å². The van der Waals surface area contributed by atoms with Gasteiger partial charge in [0.15, 0.2) is 0 Å². The molecule has 0 aliphatic carbocycles. The van der Waals surface area contributed by atoms with E-state index in [2.05, 4.69) is 9.89 Å². The molecule has 1 heterocycles. The van der Waals surface area contributed by atoms with Crippen LogP contribution in [-0.2, 0) is 20.0 Å². The topological polar surface area (TPSA) is 88.4 Å². The van der Waals surface area contributed by atoms with Gasteiger partial charge in [-0.15, -0.1) is 0 Å². The lowest BCUT2D eigenvalue weighted by Gasteiger charge is -2.28. The van der Waals surface area contributed by atoms with E-state index in [9.17, 15) is 18.0 Å². The average molecular weight is 411 g/mol. The molecule has 0 radical (unpaired) electrons. The third kappa shape index (κ3) is 4.00. The number of nitrogens with zero attached hydrogens (tertiary/aromatic N) is 1. The number of carbonyl (C=O) groups excluding carboxylic acids is 1. The van der Waals surface area contributed by atoms with E-state index in [4.69, 9.17) is 33.4 Å². The zero-order valence-electron chi connectivity index (χ0n) is 13.2. The maximum Gasteiger partial charge on any atom is 0.436 e. The molecule has 0 saturated heterocycles. The predicted molar refractivity (Wildman–Crippen MR) is 88.1 cm³/mol. The molecule has 6 nitrogen and oxygen atoms in total. The molecule has 1 unspecified atom stereocenters. The molecular weight excluding hydrogens is 398 g/mol. The Morgan fingerprint density at radius 2 is 2.00 bits per heavy atom. The fraction of sp³-hybridized carbons (Fsp3) is 0.267. The lowest BCUT2D eigenvalue weighted by Crippen LogP contribution is -2.82. The van der Waals surface area contributed by atoms with Gasteiger partial charge in [0.05, 0.1) is 7.11 Å². The SMILES string of the molecule is COC(=O)C(C=N)=C[NH2+]C1=NOC(c2cc(Cl)cc(Cl)c2)(C(F)(F)F)C1. The molecule has 1 aliphatic rings. The number of ether oxygens (including phenoxy) is 1. The second-order valence-electron chi connectivity index (χ2n) is 5.26. The van der Waals surface area contributed by atoms with E-state index in [0.717, 1.165) is 30.8 Å². The van der Waals surface area contributed by atoms with Crippen LogP contribution in [-0.4, -0.2) is 31.3 Å². The molecule has 1 aromatic carbocycles. The quantitative estimate of drug-likeness (QED) is 0.454. The van der Waals surface area contributed by atoms with Crippen molar-refractivity contribution in [2.24, 2.45) is 5.16 Å². The summed E-state index contributed by atoms with van der Waals surface area (Å²) in [7, 11) is 1.12. The smallest absolute Gasteiger partial charge is 0.436 e. The number of rotatable bonds is 4. The Bertz CT molecular complexity index is 776. The third-order valence-corrected chi connectivity index (χ3v) is 4.00. The summed E-state index contributed by atoms with van der Waals surface area (Å²) >= 11 is 11.6. The maximum atomic E-state index is 13.8. The van der Waals surface area contributed by atoms with Gasteiger partial charge in [-0.1, -0.05) is 23.2 Å². The fourth-order valence-electron chi connectivity index (χ4n) is 2.28. The Labute approximate surface area is 156 Å². The van der Waals surface area contributed by atoms with Crippen LogP contribution in [0.15, 0.2) is 35.1 Å². The molecule has 1 aromatic rings. The molecule has 0 amide bonds. The zero-order valence-corrected chi connectivity index (χ0v) is 14.7. The van der Waals surface area contributed by atoms with Gasteiger partial charge in [0.25, 0.3) is 5.60 Å². The van der Waals surface area contributed by atoms with Crippen LogP contribution in [0.1, 0.15) is 12.0 Å². The number of nitrogens with one attached hydrogen (secondary N) is 1. The van der Waals surface area contributed by atoms with Gasteiger partial charge in [-0.05, 0) is 23.4 Å². The summed E-state index contributed by atoms with van der Waals surface area (Å²) < 4.78 is 45.7. The van der Waals surface area contributed by atoms with Crippen LogP contribution < -0.4 is 5.32 Å². The van der Waals surface area contributed by atoms with E-state index in [1.54, 1.807) is 0 Å². The monoisotopic (exact) mass is 410 g/mol. The number of nitrogens with two attached hydrogens (primary N) is 1. The van der Waals surface area contributed by atoms with E-state index in [1.165, 1.54) is 6.07 Å². The number of esters is 1. The first kappa shape index (κ1) is 20.2. The zero-order chi connectivity index (χ0) is 19.5. The molecule has 1 aliphatic heterocycles. The molecule has 0 spiro atoms. The van der Waals surface area contributed by atoms with E-state index in [0.29, 0.717) is 6.21 Å². The second-order valence-corrected chi connectivity index (χ2v) is 6.13. The van der Waals surface area contributed by atoms with Crippen molar-refractivity contribution < 1.29 is 32.9 Å². The third-order valence-electron chi connectivity index (χ3n) is 3.57. The Hall–Kier alpha value is -2.10. The van der Waals surface area contributed by atoms with E-state index in [-0.39, 0.29) is 27.0 Å². The number of hydrogen-bond donors (Lipinski definition) is 2. The summed E-state index contributed by atoms with van der Waals surface area (Å²) in [5.74, 6) is -0.888. The van der Waals surface area contributed by atoms with Crippen molar-refractivity contribution in [3.05, 3.63) is 45.6 Å². The van der Waals surface area contributed by atoms with Gasteiger partial charge >= 0.3 is 12.1 Å². The number of alkyl halides is 3. The highest BCUT2D eigenvalue weighted by Gasteiger charge is 2.63. The van der Waals surface area contributed by atoms with Crippen LogP contribution in [0.4, 0.5) is 13.2 Å². The number of hydrogen-bond acceptors (Lipinski definition) is 5. The van der Waals surface area contributed by atoms with E-state index in [1.807, 2.05) is 0 Å². The molecular formula is C15H13Cl2F3N3O3+. The minimum atomic E-state index is -4.81. The maximum absolute atomic E-state index is 13.8. The van der Waals surface area contributed by atoms with Crippen LogP contribution in [0.25, 0.3) is 0 Å². The Morgan fingerprint density at radius 3 is 2.50 bits per heavy atom. The van der Waals surface area contributed by atoms with Crippen LogP contribution in [0.2, 0.25) is 10.0 Å². The van der Waals surface area contributed by atoms with Crippen LogP contribution >= 0.6 is 23.2 Å². The number of halogens is 5. The fourth-order valence-corrected chi connectivity index (χ4v) is 2.81. The summed E-state index contributed by atoms with van der Waals surface area (Å²) in [4.78, 5) is 16.2. The second kappa shape index (κ2) is 7.65. The summed E-state index contributed by atoms with van der Waals surface area (Å²) in [6.07, 6.45) is -3.63. The highest BCUT2D eigenvalue weighted by atomic mass is 35.5. The van der Waals surface area contributed by atoms with Crippen molar-refractivity contribution in [2.75, 3.05) is 7.11 Å². The van der Waals surface area contributed by atoms with E-state index < -0.39 is 24.2 Å². The molecule has 1 atom stereocenters. The first-order chi connectivity index (χ1) is 12.1. The van der Waals surface area contributed by atoms with Gasteiger partial charge in [0.1, 0.15) is 18.2 Å². The number of amidine groups is 1. The van der Waals surface area contributed by atoms with Crippen molar-refractivity contribution in [2.45, 2.75) is 18.2 Å². The Balaban J connectivity index is 2.32. The number of methoxy groups -OCH3 is 1. The van der Waals surface area contributed by atoms with Crippen LogP contribution in [0.3, 0.4) is 0 Å². The molecule has 11 heteroatoms. The molecule has 0 fully saturated rings. The Kier molecular flexibility index (Phi) is 5.94. The van der Waals surface area contributed by atoms with Gasteiger partial charge in [0.2, 0.25) is 5.84 Å². The van der Waals surface area contributed by atoms with Crippen molar-refractivity contribution in [3.8, 4) is 0 Å². The molecule has 0 bridgehead atoms. The molecule has 0 aromatic heterocycles. The highest BCUT2D eigenvalue weighted by molar-refractivity contribution is 6.34. The summed E-state index contributed by atoms with van der Waals surface area (Å²) in [6.45, 7) is 0. The molecule has 2 rings (SSSR count). The number of carbonyl (C=O) groups is 1. The van der Waals surface area contributed by atoms with Crippen molar-refractivity contribution in [3.63, 3.8) is 0 Å². The summed E-state index contributed by atoms with van der Waals surface area (Å²) in [5, 5.41) is 11.8. The lowest BCUT2D eigenvalue weighted by atomic mass is 9.89. The van der Waals surface area contributed by atoms with Crippen molar-refractivity contribution in [1.82, 2.24) is 0 Å². The van der Waals surface area contributed by atoms with Gasteiger partial charge < -0.3 is 15.0 Å². The highest BCUT2D eigenvalue weighted by Crippen LogP contribution is 2.48. The van der Waals surface area contributed by atoms with Crippen molar-refractivity contribution >= 4 is 41.2 Å². The lowest BCUT2D eigenvalue weighted by molar-refractivity contribution is -0.465. The normalized spacial score (nSPS) is 20.4. The largest absolute Gasteiger partial charge is 0.465 e. The number of benzene rings is 1. The molecule has 0 saturated carbocycles. The molecule has 3 N–H and O–H groups in total. The van der Waals surface area contributed by atoms with Crippen molar-refractivity contribution in [1.29, 1.82) is 5.41 Å². The number of oxime groups is 1. The summed E-state index contributed by atoms with van der Waals surface area (Å²) in [6, 6.07) is 3.51. The van der Waals surface area contributed by atoms with Gasteiger partial charge in [0, 0.05) is 21.8 Å². The minimum absolute atomic E-state index is 0.0221. The van der Waals surface area contributed by atoms with Crippen LogP contribution in [0, 0.1) is 5.41 Å². The van der Waals surface area contributed by atoms with Crippen LogP contribution in [0.5, 0.6) is 0 Å².